The van der Waals surface area contributed by atoms with Crippen LogP contribution in [0.1, 0.15) is 41.9 Å². The Labute approximate surface area is 111 Å². The zero-order valence-corrected chi connectivity index (χ0v) is 10.7. The molecule has 0 spiro atoms. The Morgan fingerprint density at radius 2 is 2.00 bits per heavy atom. The third-order valence-corrected chi connectivity index (χ3v) is 4.23. The summed E-state index contributed by atoms with van der Waals surface area (Å²) in [6.45, 7) is 0.684. The average Bonchev–Trinajstić information content (AvgIpc) is 2.62. The maximum atomic E-state index is 10.9. The van der Waals surface area contributed by atoms with Gasteiger partial charge in [0.05, 0.1) is 11.8 Å². The summed E-state index contributed by atoms with van der Waals surface area (Å²) in [4.78, 5) is 17.5. The first-order valence-electron chi connectivity index (χ1n) is 6.76. The predicted molar refractivity (Wildman–Crippen MR) is 68.8 cm³/mol. The van der Waals surface area contributed by atoms with E-state index in [0.717, 1.165) is 31.4 Å². The van der Waals surface area contributed by atoms with Crippen molar-refractivity contribution < 1.29 is 15.0 Å². The van der Waals surface area contributed by atoms with Gasteiger partial charge in [0.2, 0.25) is 0 Å². The molecule has 0 radical (unpaired) electrons. The van der Waals surface area contributed by atoms with Crippen LogP contribution in [0.15, 0.2) is 18.2 Å². The molecule has 102 valence electrons. The number of pyridine rings is 1. The Hall–Kier alpha value is -1.46. The zero-order valence-electron chi connectivity index (χ0n) is 10.7. The predicted octanol–water partition coefficient (Wildman–Crippen LogP) is 1.27. The van der Waals surface area contributed by atoms with Gasteiger partial charge < -0.3 is 10.2 Å². The van der Waals surface area contributed by atoms with Crippen LogP contribution < -0.4 is 0 Å². The molecule has 1 aromatic rings. The van der Waals surface area contributed by atoms with Gasteiger partial charge in [-0.25, -0.2) is 9.78 Å². The summed E-state index contributed by atoms with van der Waals surface area (Å²) >= 11 is 0. The summed E-state index contributed by atoms with van der Waals surface area (Å²) in [5, 5.41) is 18.7. The SMILES string of the molecule is O=C(O)c1cccc(CN2C3CCC2CC(O)C3)n1. The second kappa shape index (κ2) is 4.90. The van der Waals surface area contributed by atoms with E-state index in [1.54, 1.807) is 6.07 Å². The normalized spacial score (nSPS) is 30.5. The number of nitrogens with zero attached hydrogens (tertiary/aromatic N) is 2. The van der Waals surface area contributed by atoms with E-state index in [1.807, 2.05) is 6.07 Å². The second-order valence-corrected chi connectivity index (χ2v) is 5.50. The number of aliphatic hydroxyl groups is 1. The van der Waals surface area contributed by atoms with Crippen molar-refractivity contribution in [2.45, 2.75) is 50.4 Å². The molecule has 19 heavy (non-hydrogen) atoms. The summed E-state index contributed by atoms with van der Waals surface area (Å²) in [6, 6.07) is 5.97. The number of fused-ring (bicyclic) bond motifs is 2. The topological polar surface area (TPSA) is 73.7 Å². The lowest BCUT2D eigenvalue weighted by Crippen LogP contribution is -2.44. The lowest BCUT2D eigenvalue weighted by atomic mass is 9.99. The van der Waals surface area contributed by atoms with E-state index >= 15 is 0 Å². The van der Waals surface area contributed by atoms with Crippen LogP contribution in [0.2, 0.25) is 0 Å². The van der Waals surface area contributed by atoms with Gasteiger partial charge in [-0.1, -0.05) is 6.07 Å². The minimum Gasteiger partial charge on any atom is -0.477 e. The highest BCUT2D eigenvalue weighted by molar-refractivity contribution is 5.85. The fourth-order valence-corrected chi connectivity index (χ4v) is 3.38. The molecule has 0 amide bonds. The van der Waals surface area contributed by atoms with Crippen LogP contribution in [-0.2, 0) is 6.54 Å². The molecule has 2 unspecified atom stereocenters. The third-order valence-electron chi connectivity index (χ3n) is 4.23. The number of piperidine rings is 1. The van der Waals surface area contributed by atoms with Gasteiger partial charge in [0.1, 0.15) is 5.69 Å². The first-order valence-corrected chi connectivity index (χ1v) is 6.76. The van der Waals surface area contributed by atoms with E-state index in [1.165, 1.54) is 6.07 Å². The molecule has 5 nitrogen and oxygen atoms in total. The minimum atomic E-state index is -0.987. The van der Waals surface area contributed by atoms with E-state index in [0.29, 0.717) is 18.6 Å². The minimum absolute atomic E-state index is 0.0990. The van der Waals surface area contributed by atoms with E-state index in [4.69, 9.17) is 5.11 Å². The van der Waals surface area contributed by atoms with Gasteiger partial charge in [0.15, 0.2) is 0 Å². The van der Waals surface area contributed by atoms with Gasteiger partial charge in [0.25, 0.3) is 0 Å². The van der Waals surface area contributed by atoms with Crippen molar-refractivity contribution in [1.82, 2.24) is 9.88 Å². The van der Waals surface area contributed by atoms with Gasteiger partial charge in [0, 0.05) is 18.6 Å². The molecule has 2 aliphatic heterocycles. The van der Waals surface area contributed by atoms with Crippen molar-refractivity contribution in [3.63, 3.8) is 0 Å². The summed E-state index contributed by atoms with van der Waals surface area (Å²) in [6.07, 6.45) is 3.73. The van der Waals surface area contributed by atoms with Gasteiger partial charge in [-0.15, -0.1) is 0 Å². The molecule has 2 saturated heterocycles. The van der Waals surface area contributed by atoms with E-state index in [9.17, 15) is 9.90 Å². The number of rotatable bonds is 3. The van der Waals surface area contributed by atoms with E-state index < -0.39 is 5.97 Å². The Morgan fingerprint density at radius 1 is 1.32 bits per heavy atom. The highest BCUT2D eigenvalue weighted by Crippen LogP contribution is 2.36. The molecule has 1 aromatic heterocycles. The highest BCUT2D eigenvalue weighted by Gasteiger charge is 2.40. The number of hydrogen-bond donors (Lipinski definition) is 2. The zero-order chi connectivity index (χ0) is 13.4. The van der Waals surface area contributed by atoms with Gasteiger partial charge >= 0.3 is 5.97 Å². The Kier molecular flexibility index (Phi) is 3.24. The maximum Gasteiger partial charge on any atom is 0.354 e. The van der Waals surface area contributed by atoms with Crippen LogP contribution in [0.25, 0.3) is 0 Å². The van der Waals surface area contributed by atoms with Crippen LogP contribution in [0.5, 0.6) is 0 Å². The molecule has 0 aromatic carbocycles. The van der Waals surface area contributed by atoms with E-state index in [-0.39, 0.29) is 11.8 Å². The van der Waals surface area contributed by atoms with Gasteiger partial charge in [-0.2, -0.15) is 0 Å². The average molecular weight is 262 g/mol. The monoisotopic (exact) mass is 262 g/mol. The van der Waals surface area contributed by atoms with Crippen LogP contribution >= 0.6 is 0 Å². The van der Waals surface area contributed by atoms with Crippen molar-refractivity contribution in [1.29, 1.82) is 0 Å². The fraction of sp³-hybridized carbons (Fsp3) is 0.571. The molecule has 2 fully saturated rings. The van der Waals surface area contributed by atoms with Crippen molar-refractivity contribution >= 4 is 5.97 Å². The number of carboxylic acids is 1. The van der Waals surface area contributed by atoms with E-state index in [2.05, 4.69) is 9.88 Å². The third kappa shape index (κ3) is 2.48. The lowest BCUT2D eigenvalue weighted by Gasteiger charge is -2.36. The standard InChI is InChI=1S/C14H18N2O3/c17-12-6-10-4-5-11(7-12)16(10)8-9-2-1-3-13(15-9)14(18)19/h1-3,10-12,17H,4-8H2,(H,18,19). The molecule has 2 N–H and O–H groups in total. The molecule has 0 saturated carbocycles. The smallest absolute Gasteiger partial charge is 0.354 e. The summed E-state index contributed by atoms with van der Waals surface area (Å²) < 4.78 is 0. The van der Waals surface area contributed by atoms with Crippen LogP contribution in [0, 0.1) is 0 Å². The summed E-state index contributed by atoms with van der Waals surface area (Å²) in [7, 11) is 0. The van der Waals surface area contributed by atoms with Crippen LogP contribution in [0.4, 0.5) is 0 Å². The lowest BCUT2D eigenvalue weighted by molar-refractivity contribution is 0.0303. The van der Waals surface area contributed by atoms with Crippen molar-refractivity contribution in [3.05, 3.63) is 29.6 Å². The number of carbonyl (C=O) groups is 1. The molecule has 2 bridgehead atoms. The van der Waals surface area contributed by atoms with Crippen molar-refractivity contribution in [3.8, 4) is 0 Å². The van der Waals surface area contributed by atoms with Crippen LogP contribution in [0.3, 0.4) is 0 Å². The molecule has 0 aliphatic carbocycles. The molecule has 5 heteroatoms. The first-order chi connectivity index (χ1) is 9.13. The number of aromatic nitrogens is 1. The van der Waals surface area contributed by atoms with Crippen LogP contribution in [-0.4, -0.2) is 44.3 Å². The van der Waals surface area contributed by atoms with Gasteiger partial charge in [-0.05, 0) is 37.8 Å². The Bertz CT molecular complexity index is 477. The largest absolute Gasteiger partial charge is 0.477 e. The fourth-order valence-electron chi connectivity index (χ4n) is 3.38. The van der Waals surface area contributed by atoms with Crippen molar-refractivity contribution in [2.24, 2.45) is 0 Å². The molecular weight excluding hydrogens is 244 g/mol. The summed E-state index contributed by atoms with van der Waals surface area (Å²) in [5.74, 6) is -0.987. The molecule has 2 atom stereocenters. The molecule has 3 heterocycles. The Morgan fingerprint density at radius 3 is 2.63 bits per heavy atom. The molecule has 2 aliphatic rings. The number of aromatic carboxylic acids is 1. The first kappa shape index (κ1) is 12.6. The quantitative estimate of drug-likeness (QED) is 0.858. The maximum absolute atomic E-state index is 10.9. The number of carboxylic acid groups (broad SMARTS) is 1. The second-order valence-electron chi connectivity index (χ2n) is 5.50. The number of hydrogen-bond acceptors (Lipinski definition) is 4. The summed E-state index contributed by atoms with van der Waals surface area (Å²) in [5.41, 5.74) is 0.898. The Balaban J connectivity index is 1.75. The highest BCUT2D eigenvalue weighted by atomic mass is 16.4. The van der Waals surface area contributed by atoms with Crippen molar-refractivity contribution in [2.75, 3.05) is 0 Å². The molecule has 3 rings (SSSR count). The van der Waals surface area contributed by atoms with Gasteiger partial charge in [-0.3, -0.25) is 4.90 Å². The molecular formula is C14H18N2O3. The number of aliphatic hydroxyl groups excluding tert-OH is 1.